The molecule has 10 heteroatoms. The van der Waals surface area contributed by atoms with E-state index in [4.69, 9.17) is 4.74 Å². The summed E-state index contributed by atoms with van der Waals surface area (Å²) in [6.45, 7) is -0.495. The Morgan fingerprint density at radius 2 is 2.08 bits per heavy atom. The van der Waals surface area contributed by atoms with Crippen molar-refractivity contribution in [2.45, 2.75) is 29.0 Å². The summed E-state index contributed by atoms with van der Waals surface area (Å²) in [5.74, 6) is -1.54. The van der Waals surface area contributed by atoms with Crippen molar-refractivity contribution in [3.8, 4) is 0 Å². The Hall–Kier alpha value is -2.07. The van der Waals surface area contributed by atoms with E-state index in [2.05, 4.69) is 10.6 Å². The molecule has 2 N–H and O–H groups in total. The number of rotatable bonds is 5. The van der Waals surface area contributed by atoms with Crippen LogP contribution < -0.4 is 10.6 Å². The van der Waals surface area contributed by atoms with E-state index < -0.39 is 39.6 Å². The molecule has 0 aliphatic carbocycles. The molecule has 1 fully saturated rings. The first kappa shape index (κ1) is 18.7. The molecule has 26 heavy (non-hydrogen) atoms. The van der Waals surface area contributed by atoms with Gasteiger partial charge in [-0.05, 0) is 18.6 Å². The van der Waals surface area contributed by atoms with Crippen molar-refractivity contribution in [2.24, 2.45) is 0 Å². The number of hydrogen-bond acceptors (Lipinski definition) is 7. The lowest BCUT2D eigenvalue weighted by atomic mass is 10.2. The molecule has 8 nitrogen and oxygen atoms in total. The molecule has 0 unspecified atom stereocenters. The molecule has 0 bridgehead atoms. The van der Waals surface area contributed by atoms with Crippen molar-refractivity contribution < 1.29 is 27.5 Å². The molecule has 2 amide bonds. The molecular formula is C16H18N2O6S2. The van der Waals surface area contributed by atoms with Crippen molar-refractivity contribution >= 4 is 45.1 Å². The molecule has 2 aliphatic heterocycles. The van der Waals surface area contributed by atoms with Crippen molar-refractivity contribution in [1.29, 1.82) is 0 Å². The number of thioether (sulfide) groups is 1. The zero-order chi connectivity index (χ0) is 18.7. The zero-order valence-electron chi connectivity index (χ0n) is 13.8. The largest absolute Gasteiger partial charge is 0.456 e. The maximum atomic E-state index is 12.0. The molecule has 3 rings (SSSR count). The normalized spacial score (nSPS) is 23.6. The van der Waals surface area contributed by atoms with Crippen LogP contribution in [-0.4, -0.2) is 55.6 Å². The monoisotopic (exact) mass is 398 g/mol. The Labute approximate surface area is 155 Å². The predicted octanol–water partition coefficient (Wildman–Crippen LogP) is 0.336. The van der Waals surface area contributed by atoms with Crippen LogP contribution in [0.5, 0.6) is 0 Å². The third-order valence-corrected chi connectivity index (χ3v) is 7.06. The smallest absolute Gasteiger partial charge is 0.307 e. The number of fused-ring (bicyclic) bond motifs is 1. The second-order valence-electron chi connectivity index (χ2n) is 6.12. The lowest BCUT2D eigenvalue weighted by molar-refractivity contribution is -0.149. The first-order valence-electron chi connectivity index (χ1n) is 8.04. The molecule has 1 saturated heterocycles. The van der Waals surface area contributed by atoms with Gasteiger partial charge in [0.15, 0.2) is 16.4 Å². The van der Waals surface area contributed by atoms with Gasteiger partial charge in [-0.3, -0.25) is 14.4 Å². The van der Waals surface area contributed by atoms with Crippen molar-refractivity contribution in [2.75, 3.05) is 23.4 Å². The second kappa shape index (κ2) is 7.67. The molecule has 1 aromatic carbocycles. The van der Waals surface area contributed by atoms with Crippen LogP contribution in [-0.2, 0) is 29.0 Å². The van der Waals surface area contributed by atoms with Gasteiger partial charge < -0.3 is 15.4 Å². The molecule has 2 atom stereocenters. The molecule has 0 aromatic heterocycles. The number of carbonyl (C=O) groups excluding carboxylic acids is 3. The summed E-state index contributed by atoms with van der Waals surface area (Å²) in [4.78, 5) is 36.6. The highest BCUT2D eigenvalue weighted by molar-refractivity contribution is 8.01. The Kier molecular flexibility index (Phi) is 5.52. The summed E-state index contributed by atoms with van der Waals surface area (Å²) >= 11 is 1.27. The van der Waals surface area contributed by atoms with Crippen LogP contribution in [0.3, 0.4) is 0 Å². The number of para-hydroxylation sites is 1. The van der Waals surface area contributed by atoms with Gasteiger partial charge in [-0.25, -0.2) is 8.42 Å². The minimum atomic E-state index is -3.09. The van der Waals surface area contributed by atoms with Crippen molar-refractivity contribution in [1.82, 2.24) is 5.32 Å². The van der Waals surface area contributed by atoms with Crippen LogP contribution in [0.25, 0.3) is 0 Å². The lowest BCUT2D eigenvalue weighted by Gasteiger charge is -2.23. The predicted molar refractivity (Wildman–Crippen MR) is 95.5 cm³/mol. The van der Waals surface area contributed by atoms with Crippen LogP contribution in [0.4, 0.5) is 5.69 Å². The number of hydrogen-bond donors (Lipinski definition) is 2. The molecule has 0 radical (unpaired) electrons. The maximum absolute atomic E-state index is 12.0. The Morgan fingerprint density at radius 1 is 1.31 bits per heavy atom. The van der Waals surface area contributed by atoms with E-state index in [1.54, 1.807) is 6.07 Å². The number of esters is 1. The highest BCUT2D eigenvalue weighted by atomic mass is 32.2. The molecule has 1 aromatic rings. The van der Waals surface area contributed by atoms with Gasteiger partial charge in [0.2, 0.25) is 5.91 Å². The van der Waals surface area contributed by atoms with E-state index in [1.807, 2.05) is 18.2 Å². The third kappa shape index (κ3) is 4.76. The first-order chi connectivity index (χ1) is 12.3. The summed E-state index contributed by atoms with van der Waals surface area (Å²) in [6.07, 6.45) is 0.205. The second-order valence-corrected chi connectivity index (χ2v) is 9.60. The van der Waals surface area contributed by atoms with Gasteiger partial charge in [0.1, 0.15) is 0 Å². The first-order valence-corrected chi connectivity index (χ1v) is 10.7. The van der Waals surface area contributed by atoms with Gasteiger partial charge in [-0.2, -0.15) is 0 Å². The maximum Gasteiger partial charge on any atom is 0.307 e. The summed E-state index contributed by atoms with van der Waals surface area (Å²) in [7, 11) is -3.09. The number of carbonyl (C=O) groups is 3. The van der Waals surface area contributed by atoms with Crippen LogP contribution in [0.2, 0.25) is 0 Å². The minimum absolute atomic E-state index is 0.0488. The molecule has 140 valence electrons. The number of amides is 2. The fourth-order valence-corrected chi connectivity index (χ4v) is 5.53. The summed E-state index contributed by atoms with van der Waals surface area (Å²) in [5.41, 5.74) is 0.706. The third-order valence-electron chi connectivity index (χ3n) is 4.02. The van der Waals surface area contributed by atoms with Gasteiger partial charge in [0.05, 0.1) is 28.9 Å². The van der Waals surface area contributed by atoms with Gasteiger partial charge in [0.25, 0.3) is 5.91 Å². The van der Waals surface area contributed by atoms with Gasteiger partial charge >= 0.3 is 5.97 Å². The molecule has 2 heterocycles. The van der Waals surface area contributed by atoms with Crippen LogP contribution in [0.15, 0.2) is 29.2 Å². The van der Waals surface area contributed by atoms with Crippen LogP contribution in [0.1, 0.15) is 12.8 Å². The van der Waals surface area contributed by atoms with E-state index in [-0.39, 0.29) is 23.8 Å². The SMILES string of the molecule is O=C(COC(=O)C[C@@H]1Sc2ccccc2NC1=O)N[C@H]1CCS(=O)(=O)C1. The highest BCUT2D eigenvalue weighted by Crippen LogP contribution is 2.36. The number of nitrogens with one attached hydrogen (secondary N) is 2. The molecule has 0 spiro atoms. The van der Waals surface area contributed by atoms with Gasteiger partial charge in [-0.15, -0.1) is 11.8 Å². The summed E-state index contributed by atoms with van der Waals surface area (Å²) in [5, 5.41) is 4.64. The summed E-state index contributed by atoms with van der Waals surface area (Å²) in [6, 6.07) is 6.83. The zero-order valence-corrected chi connectivity index (χ0v) is 15.4. The number of anilines is 1. The summed E-state index contributed by atoms with van der Waals surface area (Å²) < 4.78 is 27.6. The molecule has 2 aliphatic rings. The minimum Gasteiger partial charge on any atom is -0.456 e. The fraction of sp³-hybridized carbons (Fsp3) is 0.438. The number of benzene rings is 1. The molecule has 0 saturated carbocycles. The molecular weight excluding hydrogens is 380 g/mol. The van der Waals surface area contributed by atoms with Crippen molar-refractivity contribution in [3.05, 3.63) is 24.3 Å². The van der Waals surface area contributed by atoms with Crippen LogP contribution in [0, 0.1) is 0 Å². The Balaban J connectivity index is 1.44. The van der Waals surface area contributed by atoms with E-state index in [1.165, 1.54) is 11.8 Å². The Bertz CT molecular complexity index is 839. The van der Waals surface area contributed by atoms with Gasteiger partial charge in [-0.1, -0.05) is 12.1 Å². The number of sulfone groups is 1. The van der Waals surface area contributed by atoms with Crippen LogP contribution >= 0.6 is 11.8 Å². The fourth-order valence-electron chi connectivity index (χ4n) is 2.76. The van der Waals surface area contributed by atoms with E-state index >= 15 is 0 Å². The van der Waals surface area contributed by atoms with Crippen molar-refractivity contribution in [3.63, 3.8) is 0 Å². The van der Waals surface area contributed by atoms with E-state index in [0.29, 0.717) is 12.1 Å². The topological polar surface area (TPSA) is 119 Å². The van der Waals surface area contributed by atoms with E-state index in [9.17, 15) is 22.8 Å². The quantitative estimate of drug-likeness (QED) is 0.686. The standard InChI is InChI=1S/C16H18N2O6S2/c19-14(17-10-5-6-26(22,23)9-10)8-24-15(20)7-13-16(21)18-11-3-1-2-4-12(11)25-13/h1-4,10,13H,5-9H2,(H,17,19)(H,18,21)/t10-,13-/m0/s1. The number of ether oxygens (including phenoxy) is 1. The van der Waals surface area contributed by atoms with E-state index in [0.717, 1.165) is 4.90 Å². The lowest BCUT2D eigenvalue weighted by Crippen LogP contribution is -2.38. The average molecular weight is 398 g/mol. The average Bonchev–Trinajstić information content (AvgIpc) is 2.92. The Morgan fingerprint density at radius 3 is 2.81 bits per heavy atom. The highest BCUT2D eigenvalue weighted by Gasteiger charge is 2.31. The van der Waals surface area contributed by atoms with Gasteiger partial charge in [0, 0.05) is 10.9 Å².